The number of aliphatic hydroxyl groups excluding tert-OH is 1. The third-order valence-electron chi connectivity index (χ3n) is 4.28. The molecule has 0 bridgehead atoms. The molecule has 0 saturated carbocycles. The fourth-order valence-electron chi connectivity index (χ4n) is 3.11. The van der Waals surface area contributed by atoms with Crippen molar-refractivity contribution in [3.8, 4) is 17.1 Å². The molecule has 4 rings (SSSR count). The number of H-pyrrole nitrogens is 1. The van der Waals surface area contributed by atoms with Gasteiger partial charge in [-0.25, -0.2) is 9.97 Å². The van der Waals surface area contributed by atoms with Crippen molar-refractivity contribution < 1.29 is 9.84 Å². The molecule has 0 aliphatic carbocycles. The van der Waals surface area contributed by atoms with Crippen molar-refractivity contribution in [1.29, 1.82) is 0 Å². The normalized spacial score (nSPS) is 17.6. The van der Waals surface area contributed by atoms with Gasteiger partial charge in [-0.3, -0.25) is 5.10 Å². The van der Waals surface area contributed by atoms with E-state index in [-0.39, 0.29) is 12.2 Å². The molecule has 4 heterocycles. The van der Waals surface area contributed by atoms with Crippen LogP contribution in [0.15, 0.2) is 30.6 Å². The van der Waals surface area contributed by atoms with E-state index in [0.29, 0.717) is 12.4 Å². The van der Waals surface area contributed by atoms with Gasteiger partial charge in [0.15, 0.2) is 0 Å². The summed E-state index contributed by atoms with van der Waals surface area (Å²) in [7, 11) is 0. The van der Waals surface area contributed by atoms with E-state index in [9.17, 15) is 5.11 Å². The molecule has 1 aliphatic heterocycles. The number of fused-ring (bicyclic) bond motifs is 1. The van der Waals surface area contributed by atoms with E-state index in [0.717, 1.165) is 40.9 Å². The lowest BCUT2D eigenvalue weighted by Crippen LogP contribution is -2.22. The molecule has 0 radical (unpaired) electrons. The van der Waals surface area contributed by atoms with Gasteiger partial charge in [-0.2, -0.15) is 5.10 Å². The van der Waals surface area contributed by atoms with Gasteiger partial charge < -0.3 is 14.7 Å². The van der Waals surface area contributed by atoms with Crippen LogP contribution in [-0.4, -0.2) is 50.6 Å². The molecule has 1 unspecified atom stereocenters. The minimum absolute atomic E-state index is 0.0643. The molecule has 130 valence electrons. The lowest BCUT2D eigenvalue weighted by atomic mass is 10.1. The van der Waals surface area contributed by atoms with Gasteiger partial charge in [0.25, 0.3) is 0 Å². The van der Waals surface area contributed by atoms with Crippen molar-refractivity contribution in [1.82, 2.24) is 20.2 Å². The number of nitrogens with one attached hydrogen (secondary N) is 1. The zero-order valence-electron chi connectivity index (χ0n) is 14.3. The van der Waals surface area contributed by atoms with Gasteiger partial charge in [0.2, 0.25) is 5.88 Å². The number of hydrogen-bond donors (Lipinski definition) is 2. The number of pyridine rings is 2. The zero-order valence-corrected chi connectivity index (χ0v) is 14.3. The fourth-order valence-corrected chi connectivity index (χ4v) is 3.11. The van der Waals surface area contributed by atoms with Crippen LogP contribution in [0.1, 0.15) is 20.3 Å². The summed E-state index contributed by atoms with van der Waals surface area (Å²) in [6, 6.07) is 5.86. The molecule has 1 atom stereocenters. The van der Waals surface area contributed by atoms with Gasteiger partial charge in [0.1, 0.15) is 11.5 Å². The average molecular weight is 339 g/mol. The Morgan fingerprint density at radius 2 is 2.20 bits per heavy atom. The summed E-state index contributed by atoms with van der Waals surface area (Å²) >= 11 is 0. The molecule has 1 fully saturated rings. The Morgan fingerprint density at radius 1 is 1.32 bits per heavy atom. The van der Waals surface area contributed by atoms with Gasteiger partial charge in [-0.15, -0.1) is 0 Å². The molecule has 1 aliphatic rings. The predicted molar refractivity (Wildman–Crippen MR) is 95.7 cm³/mol. The molecule has 25 heavy (non-hydrogen) atoms. The second-order valence-electron chi connectivity index (χ2n) is 6.60. The predicted octanol–water partition coefficient (Wildman–Crippen LogP) is 2.38. The summed E-state index contributed by atoms with van der Waals surface area (Å²) in [6.45, 7) is 5.38. The van der Waals surface area contributed by atoms with Crippen molar-refractivity contribution in [2.75, 3.05) is 18.0 Å². The Labute approximate surface area is 145 Å². The van der Waals surface area contributed by atoms with Gasteiger partial charge in [-0.1, -0.05) is 0 Å². The Balaban J connectivity index is 1.71. The maximum atomic E-state index is 9.75. The average Bonchev–Trinajstić information content (AvgIpc) is 3.20. The SMILES string of the molecule is CC(C)Oc1cc2c(-c3ccnc(N4CCC(O)C4)c3)n[nH]c2cn1. The van der Waals surface area contributed by atoms with E-state index in [1.165, 1.54) is 0 Å². The third kappa shape index (κ3) is 3.15. The number of aliphatic hydroxyl groups is 1. The van der Waals surface area contributed by atoms with Crippen molar-refractivity contribution in [3.05, 3.63) is 30.6 Å². The first kappa shape index (κ1) is 15.8. The highest BCUT2D eigenvalue weighted by Gasteiger charge is 2.22. The number of nitrogens with zero attached hydrogens (tertiary/aromatic N) is 4. The second-order valence-corrected chi connectivity index (χ2v) is 6.60. The molecule has 1 saturated heterocycles. The van der Waals surface area contributed by atoms with E-state index >= 15 is 0 Å². The third-order valence-corrected chi connectivity index (χ3v) is 4.28. The Hall–Kier alpha value is -2.67. The van der Waals surface area contributed by atoms with E-state index in [1.54, 1.807) is 12.4 Å². The summed E-state index contributed by atoms with van der Waals surface area (Å²) < 4.78 is 5.70. The van der Waals surface area contributed by atoms with Crippen LogP contribution >= 0.6 is 0 Å². The topological polar surface area (TPSA) is 87.2 Å². The van der Waals surface area contributed by atoms with E-state index in [4.69, 9.17) is 4.74 Å². The van der Waals surface area contributed by atoms with Crippen LogP contribution in [0.2, 0.25) is 0 Å². The summed E-state index contributed by atoms with van der Waals surface area (Å²) in [5.74, 6) is 1.44. The van der Waals surface area contributed by atoms with Crippen molar-refractivity contribution in [3.63, 3.8) is 0 Å². The van der Waals surface area contributed by atoms with Crippen LogP contribution in [0.4, 0.5) is 5.82 Å². The van der Waals surface area contributed by atoms with Gasteiger partial charge >= 0.3 is 0 Å². The number of β-amino-alcohol motifs (C(OH)–C–C–N with tert-alkyl or cyclic N) is 1. The van der Waals surface area contributed by atoms with Crippen molar-refractivity contribution >= 4 is 16.7 Å². The molecule has 3 aromatic heterocycles. The summed E-state index contributed by atoms with van der Waals surface area (Å²) in [5, 5.41) is 18.2. The van der Waals surface area contributed by atoms with Gasteiger partial charge in [0, 0.05) is 36.3 Å². The highest BCUT2D eigenvalue weighted by atomic mass is 16.5. The van der Waals surface area contributed by atoms with Gasteiger partial charge in [-0.05, 0) is 32.4 Å². The van der Waals surface area contributed by atoms with Crippen LogP contribution < -0.4 is 9.64 Å². The van der Waals surface area contributed by atoms with Crippen LogP contribution in [0.25, 0.3) is 22.2 Å². The number of anilines is 1. The Bertz CT molecular complexity index is 892. The largest absolute Gasteiger partial charge is 0.475 e. The number of rotatable bonds is 4. The fraction of sp³-hybridized carbons (Fsp3) is 0.389. The molecular weight excluding hydrogens is 318 g/mol. The monoisotopic (exact) mass is 339 g/mol. The lowest BCUT2D eigenvalue weighted by Gasteiger charge is -2.16. The van der Waals surface area contributed by atoms with Crippen LogP contribution in [0.3, 0.4) is 0 Å². The molecule has 7 nitrogen and oxygen atoms in total. The van der Waals surface area contributed by atoms with E-state index < -0.39 is 0 Å². The first-order valence-electron chi connectivity index (χ1n) is 8.50. The van der Waals surface area contributed by atoms with Crippen molar-refractivity contribution in [2.24, 2.45) is 0 Å². The number of hydrogen-bond acceptors (Lipinski definition) is 6. The van der Waals surface area contributed by atoms with E-state index in [1.807, 2.05) is 32.0 Å². The zero-order chi connectivity index (χ0) is 17.4. The molecule has 0 spiro atoms. The van der Waals surface area contributed by atoms with Crippen LogP contribution in [0, 0.1) is 0 Å². The number of ether oxygens (including phenoxy) is 1. The highest BCUT2D eigenvalue weighted by Crippen LogP contribution is 2.30. The molecule has 0 aromatic carbocycles. The number of aromatic nitrogens is 4. The highest BCUT2D eigenvalue weighted by molar-refractivity contribution is 5.93. The maximum Gasteiger partial charge on any atom is 0.214 e. The summed E-state index contributed by atoms with van der Waals surface area (Å²) in [6.07, 6.45) is 4.08. The smallest absolute Gasteiger partial charge is 0.214 e. The molecule has 7 heteroatoms. The van der Waals surface area contributed by atoms with E-state index in [2.05, 4.69) is 25.1 Å². The first-order chi connectivity index (χ1) is 12.1. The summed E-state index contributed by atoms with van der Waals surface area (Å²) in [5.41, 5.74) is 2.68. The van der Waals surface area contributed by atoms with Crippen molar-refractivity contribution in [2.45, 2.75) is 32.5 Å². The minimum Gasteiger partial charge on any atom is -0.475 e. The van der Waals surface area contributed by atoms with Gasteiger partial charge in [0.05, 0.1) is 23.9 Å². The quantitative estimate of drug-likeness (QED) is 0.759. The van der Waals surface area contributed by atoms with Crippen LogP contribution in [0.5, 0.6) is 5.88 Å². The molecule has 2 N–H and O–H groups in total. The second kappa shape index (κ2) is 6.33. The Kier molecular flexibility index (Phi) is 4.01. The molecule has 0 amide bonds. The Morgan fingerprint density at radius 3 is 2.96 bits per heavy atom. The maximum absolute atomic E-state index is 9.75. The summed E-state index contributed by atoms with van der Waals surface area (Å²) in [4.78, 5) is 10.8. The molecular formula is C18H21N5O2. The molecule has 3 aromatic rings. The lowest BCUT2D eigenvalue weighted by molar-refractivity contribution is 0.198. The first-order valence-corrected chi connectivity index (χ1v) is 8.50. The minimum atomic E-state index is -0.279. The standard InChI is InChI=1S/C18H21N5O2/c1-11(2)25-17-8-14-15(9-20-17)21-22-18(14)12-3-5-19-16(7-12)23-6-4-13(24)10-23/h3,5,7-9,11,13,24H,4,6,10H2,1-2H3,(H,21,22). The number of aromatic amines is 1. The van der Waals surface area contributed by atoms with Crippen LogP contribution in [-0.2, 0) is 0 Å².